The van der Waals surface area contributed by atoms with Crippen molar-refractivity contribution in [2.75, 3.05) is 0 Å². The summed E-state index contributed by atoms with van der Waals surface area (Å²) in [5.74, 6) is -4.14. The maximum Gasteiger partial charge on any atom is 0.339 e. The van der Waals surface area contributed by atoms with E-state index < -0.39 is 23.5 Å². The lowest BCUT2D eigenvalue weighted by Gasteiger charge is -2.33. The number of benzene rings is 2. The van der Waals surface area contributed by atoms with Crippen LogP contribution >= 0.6 is 0 Å². The summed E-state index contributed by atoms with van der Waals surface area (Å²) in [5.41, 5.74) is -0.690. The lowest BCUT2D eigenvalue weighted by Crippen LogP contribution is -2.38. The van der Waals surface area contributed by atoms with E-state index in [0.29, 0.717) is 16.7 Å². The molecule has 6 nitrogen and oxygen atoms in total. The highest BCUT2D eigenvalue weighted by Crippen LogP contribution is 2.39. The third kappa shape index (κ3) is 2.98. The number of hydrogen-bond acceptors (Lipinski definition) is 4. The van der Waals surface area contributed by atoms with Crippen LogP contribution in [0.2, 0.25) is 0 Å². The normalized spacial score (nSPS) is 21.9. The van der Waals surface area contributed by atoms with Gasteiger partial charge in [0.1, 0.15) is 22.8 Å². The zero-order valence-corrected chi connectivity index (χ0v) is 13.5. The smallest absolute Gasteiger partial charge is 0.339 e. The zero-order chi connectivity index (χ0) is 18.9. The second-order valence-corrected chi connectivity index (χ2v) is 6.00. The van der Waals surface area contributed by atoms with Crippen molar-refractivity contribution < 1.29 is 30.0 Å². The van der Waals surface area contributed by atoms with Gasteiger partial charge in [0, 0.05) is 0 Å². The molecule has 2 aromatic carbocycles. The number of aromatic hydroxyl groups is 1. The van der Waals surface area contributed by atoms with Crippen LogP contribution in [0.25, 0.3) is 5.57 Å². The molecule has 2 atom stereocenters. The number of carboxylic acid groups (broad SMARTS) is 2. The van der Waals surface area contributed by atoms with Crippen LogP contribution in [0.4, 0.5) is 0 Å². The number of allylic oxidation sites excluding steroid dienone is 2. The molecule has 1 aliphatic carbocycles. The van der Waals surface area contributed by atoms with Gasteiger partial charge in [-0.15, -0.1) is 0 Å². The van der Waals surface area contributed by atoms with Gasteiger partial charge in [0.25, 0.3) is 0 Å². The van der Waals surface area contributed by atoms with E-state index in [-0.39, 0.29) is 11.3 Å². The van der Waals surface area contributed by atoms with Crippen molar-refractivity contribution in [1.82, 2.24) is 0 Å². The fourth-order valence-electron chi connectivity index (χ4n) is 3.00. The number of aliphatic hydroxyl groups is 1. The molecule has 3 rings (SSSR count). The van der Waals surface area contributed by atoms with Crippen LogP contribution in [0, 0.1) is 5.92 Å². The number of carbonyl (C=O) groups is 2. The minimum atomic E-state index is -1.72. The van der Waals surface area contributed by atoms with E-state index in [1.807, 2.05) is 0 Å². The van der Waals surface area contributed by atoms with Crippen molar-refractivity contribution in [3.05, 3.63) is 83.4 Å². The van der Waals surface area contributed by atoms with Crippen molar-refractivity contribution in [3.63, 3.8) is 0 Å². The first-order valence-corrected chi connectivity index (χ1v) is 7.81. The van der Waals surface area contributed by atoms with Crippen molar-refractivity contribution >= 4 is 17.5 Å². The second-order valence-electron chi connectivity index (χ2n) is 6.00. The maximum absolute atomic E-state index is 11.8. The van der Waals surface area contributed by atoms with E-state index in [2.05, 4.69) is 0 Å². The van der Waals surface area contributed by atoms with Gasteiger partial charge in [-0.25, -0.2) is 4.79 Å². The summed E-state index contributed by atoms with van der Waals surface area (Å²) < 4.78 is 0. The molecule has 0 aliphatic heterocycles. The Bertz CT molecular complexity index is 929. The van der Waals surface area contributed by atoms with Gasteiger partial charge in [0.2, 0.25) is 0 Å². The third-order valence-corrected chi connectivity index (χ3v) is 4.40. The summed E-state index contributed by atoms with van der Waals surface area (Å²) in [6.07, 6.45) is 4.32. The van der Waals surface area contributed by atoms with Gasteiger partial charge in [0.15, 0.2) is 0 Å². The number of carboxylic acids is 2. The van der Waals surface area contributed by atoms with E-state index in [9.17, 15) is 24.9 Å². The second kappa shape index (κ2) is 6.50. The Morgan fingerprint density at radius 3 is 2.31 bits per heavy atom. The molecule has 0 heterocycles. The van der Waals surface area contributed by atoms with Gasteiger partial charge in [-0.2, -0.15) is 0 Å². The average Bonchev–Trinajstić information content (AvgIpc) is 2.63. The Morgan fingerprint density at radius 2 is 1.69 bits per heavy atom. The molecular weight excluding hydrogens is 336 g/mol. The SMILES string of the molecule is O=C(O)c1cc(C2=CC(C(=O)O)C(O)(c3ccccc3)C=C2)ccc1O. The van der Waals surface area contributed by atoms with Crippen molar-refractivity contribution in [3.8, 4) is 5.75 Å². The Morgan fingerprint density at radius 1 is 1.00 bits per heavy atom. The molecule has 0 aromatic heterocycles. The predicted octanol–water partition coefficient (Wildman–Crippen LogP) is 2.63. The van der Waals surface area contributed by atoms with E-state index in [1.165, 1.54) is 30.4 Å². The number of aromatic carboxylic acids is 1. The molecule has 0 fully saturated rings. The molecule has 0 radical (unpaired) electrons. The molecule has 2 aromatic rings. The first-order chi connectivity index (χ1) is 12.3. The molecule has 1 aliphatic rings. The van der Waals surface area contributed by atoms with E-state index >= 15 is 0 Å². The quantitative estimate of drug-likeness (QED) is 0.672. The van der Waals surface area contributed by atoms with Crippen molar-refractivity contribution in [2.24, 2.45) is 5.92 Å². The standard InChI is InChI=1S/C20H16O6/c21-17-7-6-12(10-15(17)18(22)23)13-8-9-20(26,16(11-13)19(24)25)14-4-2-1-3-5-14/h1-11,16,21,26H,(H,22,23)(H,24,25). The topological polar surface area (TPSA) is 115 Å². The molecule has 132 valence electrons. The van der Waals surface area contributed by atoms with Crippen molar-refractivity contribution in [1.29, 1.82) is 0 Å². The van der Waals surface area contributed by atoms with Crippen LogP contribution in [0.3, 0.4) is 0 Å². The molecule has 4 N–H and O–H groups in total. The summed E-state index contributed by atoms with van der Waals surface area (Å²) in [6, 6.07) is 12.5. The summed E-state index contributed by atoms with van der Waals surface area (Å²) in [4.78, 5) is 23.0. The van der Waals surface area contributed by atoms with Crippen LogP contribution in [0.15, 0.2) is 66.8 Å². The fourth-order valence-corrected chi connectivity index (χ4v) is 3.00. The summed E-state index contributed by atoms with van der Waals surface area (Å²) >= 11 is 0. The van der Waals surface area contributed by atoms with E-state index in [1.54, 1.807) is 36.4 Å². The maximum atomic E-state index is 11.8. The first kappa shape index (κ1) is 17.4. The van der Waals surface area contributed by atoms with E-state index in [0.717, 1.165) is 0 Å². The Balaban J connectivity index is 2.07. The minimum absolute atomic E-state index is 0.285. The lowest BCUT2D eigenvalue weighted by molar-refractivity contribution is -0.146. The molecule has 0 amide bonds. The van der Waals surface area contributed by atoms with Gasteiger partial charge in [-0.3, -0.25) is 4.79 Å². The van der Waals surface area contributed by atoms with Crippen LogP contribution < -0.4 is 0 Å². The minimum Gasteiger partial charge on any atom is -0.507 e. The van der Waals surface area contributed by atoms with Crippen LogP contribution in [0.1, 0.15) is 21.5 Å². The van der Waals surface area contributed by atoms with Gasteiger partial charge < -0.3 is 20.4 Å². The summed E-state index contributed by atoms with van der Waals surface area (Å²) in [6.45, 7) is 0. The zero-order valence-electron chi connectivity index (χ0n) is 13.5. The van der Waals surface area contributed by atoms with Crippen LogP contribution in [-0.2, 0) is 10.4 Å². The molecule has 0 saturated heterocycles. The number of aliphatic carboxylic acids is 1. The largest absolute Gasteiger partial charge is 0.507 e. The van der Waals surface area contributed by atoms with Gasteiger partial charge >= 0.3 is 11.9 Å². The highest BCUT2D eigenvalue weighted by molar-refractivity contribution is 5.93. The van der Waals surface area contributed by atoms with E-state index in [4.69, 9.17) is 5.11 Å². The highest BCUT2D eigenvalue weighted by atomic mass is 16.4. The molecule has 6 heteroatoms. The monoisotopic (exact) mass is 352 g/mol. The predicted molar refractivity (Wildman–Crippen MR) is 93.6 cm³/mol. The molecular formula is C20H16O6. The molecule has 26 heavy (non-hydrogen) atoms. The molecule has 0 saturated carbocycles. The Kier molecular flexibility index (Phi) is 4.36. The third-order valence-electron chi connectivity index (χ3n) is 4.40. The van der Waals surface area contributed by atoms with Gasteiger partial charge in [0.05, 0.1) is 0 Å². The van der Waals surface area contributed by atoms with Crippen LogP contribution in [-0.4, -0.2) is 32.4 Å². The number of phenols is 1. The number of hydrogen-bond donors (Lipinski definition) is 4. The summed E-state index contributed by atoms with van der Waals surface area (Å²) in [5, 5.41) is 39.3. The molecule has 2 unspecified atom stereocenters. The van der Waals surface area contributed by atoms with Crippen molar-refractivity contribution in [2.45, 2.75) is 5.60 Å². The Labute approximate surface area is 149 Å². The van der Waals surface area contributed by atoms with Gasteiger partial charge in [-0.05, 0) is 34.9 Å². The number of rotatable bonds is 4. The molecule has 0 bridgehead atoms. The van der Waals surface area contributed by atoms with Crippen LogP contribution in [0.5, 0.6) is 5.75 Å². The Hall–Kier alpha value is -3.38. The summed E-state index contributed by atoms with van der Waals surface area (Å²) in [7, 11) is 0. The first-order valence-electron chi connectivity index (χ1n) is 7.81. The van der Waals surface area contributed by atoms with Gasteiger partial charge in [-0.1, -0.05) is 48.6 Å². The molecule has 0 spiro atoms. The lowest BCUT2D eigenvalue weighted by atomic mass is 9.76. The average molecular weight is 352 g/mol. The fraction of sp³-hybridized carbons (Fsp3) is 0.100. The highest BCUT2D eigenvalue weighted by Gasteiger charge is 2.41.